The largest absolute Gasteiger partial charge is 0.449 e. The van der Waals surface area contributed by atoms with Gasteiger partial charge in [-0.05, 0) is 18.6 Å². The fraction of sp³-hybridized carbons (Fsp3) is 0.833. The third-order valence-electron chi connectivity index (χ3n) is 1.38. The maximum Gasteiger partial charge on any atom is 0.404 e. The van der Waals surface area contributed by atoms with E-state index in [-0.39, 0.29) is 6.10 Å². The second-order valence-corrected chi connectivity index (χ2v) is 3.65. The van der Waals surface area contributed by atoms with Gasteiger partial charge in [-0.15, -0.1) is 0 Å². The van der Waals surface area contributed by atoms with Crippen molar-refractivity contribution >= 4 is 28.8 Å². The van der Waals surface area contributed by atoms with Crippen LogP contribution in [-0.2, 0) is 4.74 Å². The van der Waals surface area contributed by atoms with Gasteiger partial charge in [0.05, 0.1) is 0 Å². The first kappa shape index (κ1) is 8.21. The van der Waals surface area contributed by atoms with Crippen LogP contribution in [0.25, 0.3) is 0 Å². The third kappa shape index (κ3) is 2.80. The molecular formula is C6H9ClO2S. The van der Waals surface area contributed by atoms with Crippen LogP contribution in [0.2, 0.25) is 0 Å². The summed E-state index contributed by atoms with van der Waals surface area (Å²) in [4.78, 5) is 10.2. The molecule has 1 unspecified atom stereocenters. The number of thioether (sulfide) groups is 1. The number of carbonyl (C=O) groups excluding carboxylic acids is 1. The van der Waals surface area contributed by atoms with Gasteiger partial charge in [-0.25, -0.2) is 4.79 Å². The first-order chi connectivity index (χ1) is 4.79. The van der Waals surface area contributed by atoms with Crippen molar-refractivity contribution in [1.29, 1.82) is 0 Å². The molecule has 1 rings (SSSR count). The van der Waals surface area contributed by atoms with Crippen LogP contribution in [0, 0.1) is 0 Å². The quantitative estimate of drug-likeness (QED) is 0.579. The van der Waals surface area contributed by atoms with E-state index < -0.39 is 5.43 Å². The number of ether oxygens (including phenoxy) is 1. The van der Waals surface area contributed by atoms with E-state index in [1.165, 1.54) is 5.75 Å². The Hall–Kier alpha value is 0.110. The number of hydrogen-bond acceptors (Lipinski definition) is 3. The van der Waals surface area contributed by atoms with Gasteiger partial charge in [0, 0.05) is 17.4 Å². The van der Waals surface area contributed by atoms with Gasteiger partial charge in [-0.2, -0.15) is 11.8 Å². The van der Waals surface area contributed by atoms with Crippen LogP contribution < -0.4 is 0 Å². The van der Waals surface area contributed by atoms with Crippen LogP contribution in [0.3, 0.4) is 0 Å². The van der Waals surface area contributed by atoms with Crippen molar-refractivity contribution in [3.05, 3.63) is 0 Å². The molecule has 1 fully saturated rings. The van der Waals surface area contributed by atoms with Crippen LogP contribution >= 0.6 is 23.4 Å². The highest BCUT2D eigenvalue weighted by Crippen LogP contribution is 2.19. The molecule has 1 saturated heterocycles. The van der Waals surface area contributed by atoms with Crippen LogP contribution in [0.4, 0.5) is 4.79 Å². The molecule has 0 saturated carbocycles. The minimum atomic E-state index is -0.674. The molecule has 1 heterocycles. The summed E-state index contributed by atoms with van der Waals surface area (Å²) in [5.74, 6) is 2.08. The summed E-state index contributed by atoms with van der Waals surface area (Å²) in [6.45, 7) is 0. The fourth-order valence-electron chi connectivity index (χ4n) is 0.935. The van der Waals surface area contributed by atoms with Gasteiger partial charge in [0.15, 0.2) is 0 Å². The Morgan fingerprint density at radius 3 is 3.00 bits per heavy atom. The lowest BCUT2D eigenvalue weighted by Gasteiger charge is -2.19. The lowest BCUT2D eigenvalue weighted by Crippen LogP contribution is -2.21. The van der Waals surface area contributed by atoms with Crippen LogP contribution in [0.5, 0.6) is 0 Å². The van der Waals surface area contributed by atoms with E-state index in [1.807, 2.05) is 11.8 Å². The fourth-order valence-corrected chi connectivity index (χ4v) is 2.10. The maximum absolute atomic E-state index is 10.2. The summed E-state index contributed by atoms with van der Waals surface area (Å²) in [7, 11) is 0. The second kappa shape index (κ2) is 4.09. The Balaban J connectivity index is 2.19. The average molecular weight is 181 g/mol. The summed E-state index contributed by atoms with van der Waals surface area (Å²) in [6.07, 6.45) is 2.15. The SMILES string of the molecule is O=C(Cl)OC1CCCSC1. The average Bonchev–Trinajstić information content (AvgIpc) is 1.88. The minimum absolute atomic E-state index is 0.0590. The Morgan fingerprint density at radius 1 is 1.70 bits per heavy atom. The molecule has 2 nitrogen and oxygen atoms in total. The standard InChI is InChI=1S/C6H9ClO2S/c7-6(8)9-5-2-1-3-10-4-5/h5H,1-4H2. The highest BCUT2D eigenvalue weighted by atomic mass is 35.5. The van der Waals surface area contributed by atoms with E-state index in [1.54, 1.807) is 0 Å². The Morgan fingerprint density at radius 2 is 2.50 bits per heavy atom. The molecule has 58 valence electrons. The van der Waals surface area contributed by atoms with Crippen LogP contribution in [0.15, 0.2) is 0 Å². The van der Waals surface area contributed by atoms with E-state index in [4.69, 9.17) is 16.3 Å². The van der Waals surface area contributed by atoms with Crippen molar-refractivity contribution in [1.82, 2.24) is 0 Å². The summed E-state index contributed by atoms with van der Waals surface area (Å²) >= 11 is 6.85. The minimum Gasteiger partial charge on any atom is -0.449 e. The highest BCUT2D eigenvalue weighted by molar-refractivity contribution is 7.99. The molecule has 1 atom stereocenters. The first-order valence-corrected chi connectivity index (χ1v) is 4.76. The maximum atomic E-state index is 10.2. The molecule has 4 heteroatoms. The van der Waals surface area contributed by atoms with E-state index >= 15 is 0 Å². The Kier molecular flexibility index (Phi) is 3.35. The molecule has 0 spiro atoms. The third-order valence-corrected chi connectivity index (χ3v) is 2.65. The van der Waals surface area contributed by atoms with Crippen molar-refractivity contribution in [2.75, 3.05) is 11.5 Å². The molecule has 1 aliphatic heterocycles. The predicted octanol–water partition coefficient (Wildman–Crippen LogP) is 2.26. The molecule has 0 aromatic heterocycles. The topological polar surface area (TPSA) is 26.3 Å². The molecule has 1 aliphatic rings. The van der Waals surface area contributed by atoms with E-state index in [9.17, 15) is 4.79 Å². The summed E-state index contributed by atoms with van der Waals surface area (Å²) < 4.78 is 4.80. The number of halogens is 1. The summed E-state index contributed by atoms with van der Waals surface area (Å²) in [6, 6.07) is 0. The van der Waals surface area contributed by atoms with Crippen LogP contribution in [-0.4, -0.2) is 23.0 Å². The molecule has 0 aromatic carbocycles. The van der Waals surface area contributed by atoms with Gasteiger partial charge in [0.25, 0.3) is 0 Å². The molecule has 10 heavy (non-hydrogen) atoms. The van der Waals surface area contributed by atoms with Gasteiger partial charge < -0.3 is 4.74 Å². The normalized spacial score (nSPS) is 25.9. The van der Waals surface area contributed by atoms with Gasteiger partial charge >= 0.3 is 5.43 Å². The predicted molar refractivity (Wildman–Crippen MR) is 42.7 cm³/mol. The molecular weight excluding hydrogens is 172 g/mol. The van der Waals surface area contributed by atoms with E-state index in [0.29, 0.717) is 0 Å². The zero-order valence-electron chi connectivity index (χ0n) is 5.51. The Bertz CT molecular complexity index is 123. The van der Waals surface area contributed by atoms with E-state index in [2.05, 4.69) is 0 Å². The molecule has 0 amide bonds. The van der Waals surface area contributed by atoms with Crippen LogP contribution in [0.1, 0.15) is 12.8 Å². The van der Waals surface area contributed by atoms with Crippen molar-refractivity contribution in [2.45, 2.75) is 18.9 Å². The number of carbonyl (C=O) groups is 1. The van der Waals surface area contributed by atoms with E-state index in [0.717, 1.165) is 18.6 Å². The van der Waals surface area contributed by atoms with Gasteiger partial charge in [0.1, 0.15) is 6.10 Å². The smallest absolute Gasteiger partial charge is 0.404 e. The molecule has 0 aromatic rings. The van der Waals surface area contributed by atoms with Crippen molar-refractivity contribution < 1.29 is 9.53 Å². The second-order valence-electron chi connectivity index (χ2n) is 2.19. The van der Waals surface area contributed by atoms with Crippen molar-refractivity contribution in [3.8, 4) is 0 Å². The lowest BCUT2D eigenvalue weighted by molar-refractivity contribution is 0.127. The van der Waals surface area contributed by atoms with Gasteiger partial charge in [0.2, 0.25) is 0 Å². The number of hydrogen-bond donors (Lipinski definition) is 0. The monoisotopic (exact) mass is 180 g/mol. The van der Waals surface area contributed by atoms with Crippen molar-refractivity contribution in [3.63, 3.8) is 0 Å². The molecule has 0 bridgehead atoms. The Labute approximate surface area is 69.3 Å². The first-order valence-electron chi connectivity index (χ1n) is 3.23. The number of rotatable bonds is 1. The molecule has 0 aliphatic carbocycles. The van der Waals surface area contributed by atoms with Gasteiger partial charge in [-0.1, -0.05) is 0 Å². The lowest BCUT2D eigenvalue weighted by atomic mass is 10.2. The summed E-state index contributed by atoms with van der Waals surface area (Å²) in [5, 5.41) is 0. The zero-order valence-corrected chi connectivity index (χ0v) is 7.08. The highest BCUT2D eigenvalue weighted by Gasteiger charge is 2.16. The van der Waals surface area contributed by atoms with Gasteiger partial charge in [-0.3, -0.25) is 0 Å². The zero-order chi connectivity index (χ0) is 7.40. The van der Waals surface area contributed by atoms with Crippen molar-refractivity contribution in [2.24, 2.45) is 0 Å². The molecule has 0 radical (unpaired) electrons. The summed E-state index contributed by atoms with van der Waals surface area (Å²) in [5.41, 5.74) is -0.674. The molecule has 0 N–H and O–H groups in total.